The molecule has 4 atom stereocenters. The van der Waals surface area contributed by atoms with Crippen LogP contribution in [0, 0.1) is 17.8 Å². The molecule has 0 aliphatic heterocycles. The Hall–Kier alpha value is -1.11. The van der Waals surface area contributed by atoms with Gasteiger partial charge in [0.15, 0.2) is 0 Å². The fourth-order valence-corrected chi connectivity index (χ4v) is 3.78. The molecule has 4 nitrogen and oxygen atoms in total. The summed E-state index contributed by atoms with van der Waals surface area (Å²) >= 11 is 0. The number of alkyl halides is 3. The third-order valence-corrected chi connectivity index (χ3v) is 5.15. The molecule has 2 aliphatic carbocycles. The van der Waals surface area contributed by atoms with Crippen LogP contribution in [0.15, 0.2) is 0 Å². The Labute approximate surface area is 140 Å². The van der Waals surface area contributed by atoms with Crippen LogP contribution in [0.4, 0.5) is 13.2 Å². The number of ketones is 1. The molecule has 7 heteroatoms. The summed E-state index contributed by atoms with van der Waals surface area (Å²) in [5.74, 6) is -0.129. The third kappa shape index (κ3) is 5.76. The summed E-state index contributed by atoms with van der Waals surface area (Å²) in [4.78, 5) is 23.7. The predicted molar refractivity (Wildman–Crippen MR) is 82.3 cm³/mol. The lowest BCUT2D eigenvalue weighted by Gasteiger charge is -2.33. The van der Waals surface area contributed by atoms with Crippen LogP contribution in [-0.2, 0) is 14.3 Å². The lowest BCUT2D eigenvalue weighted by Crippen LogP contribution is -2.43. The van der Waals surface area contributed by atoms with Crippen LogP contribution in [0.3, 0.4) is 0 Å². The van der Waals surface area contributed by atoms with E-state index in [1.165, 1.54) is 0 Å². The maximum atomic E-state index is 12.3. The fourth-order valence-electron chi connectivity index (χ4n) is 3.78. The van der Waals surface area contributed by atoms with Gasteiger partial charge in [-0.15, -0.1) is 0 Å². The molecule has 0 aromatic carbocycles. The first-order valence-electron chi connectivity index (χ1n) is 8.74. The molecule has 1 amide bonds. The molecule has 0 aromatic heterocycles. The summed E-state index contributed by atoms with van der Waals surface area (Å²) < 4.78 is 42.1. The molecule has 0 aromatic rings. The van der Waals surface area contributed by atoms with Gasteiger partial charge in [-0.1, -0.05) is 19.8 Å². The highest BCUT2D eigenvalue weighted by molar-refractivity contribution is 5.85. The zero-order valence-electron chi connectivity index (χ0n) is 14.0. The Morgan fingerprint density at radius 3 is 2.62 bits per heavy atom. The SMILES string of the molecule is C[C@@H]1CC(=O)CC[C@@H]1C(=O)NC[C@H]1CCCC[C@H]1OCC(F)(F)F. The fraction of sp³-hybridized carbons (Fsp3) is 0.882. The molecule has 1 N–H and O–H groups in total. The van der Waals surface area contributed by atoms with Crippen molar-refractivity contribution in [3.63, 3.8) is 0 Å². The molecule has 2 saturated carbocycles. The average Bonchev–Trinajstić information content (AvgIpc) is 2.50. The quantitative estimate of drug-likeness (QED) is 0.829. The van der Waals surface area contributed by atoms with Gasteiger partial charge in [-0.3, -0.25) is 9.59 Å². The van der Waals surface area contributed by atoms with Crippen LogP contribution in [-0.4, -0.2) is 37.1 Å². The summed E-state index contributed by atoms with van der Waals surface area (Å²) in [5, 5.41) is 2.88. The summed E-state index contributed by atoms with van der Waals surface area (Å²) in [6.07, 6.45) is -0.185. The highest BCUT2D eigenvalue weighted by Crippen LogP contribution is 2.30. The summed E-state index contributed by atoms with van der Waals surface area (Å²) in [6, 6.07) is 0. The summed E-state index contributed by atoms with van der Waals surface area (Å²) in [5.41, 5.74) is 0. The molecular formula is C17H26F3NO3. The number of hydrogen-bond acceptors (Lipinski definition) is 3. The van der Waals surface area contributed by atoms with E-state index in [2.05, 4.69) is 5.32 Å². The van der Waals surface area contributed by atoms with Gasteiger partial charge in [0.25, 0.3) is 0 Å². The van der Waals surface area contributed by atoms with E-state index in [1.807, 2.05) is 6.92 Å². The molecular weight excluding hydrogens is 323 g/mol. The molecule has 0 saturated heterocycles. The van der Waals surface area contributed by atoms with Crippen molar-refractivity contribution in [3.8, 4) is 0 Å². The van der Waals surface area contributed by atoms with Crippen molar-refractivity contribution < 1.29 is 27.5 Å². The molecule has 0 unspecified atom stereocenters. The van der Waals surface area contributed by atoms with E-state index < -0.39 is 18.9 Å². The number of amides is 1. The van der Waals surface area contributed by atoms with Crippen LogP contribution in [0.1, 0.15) is 51.9 Å². The summed E-state index contributed by atoms with van der Waals surface area (Å²) in [7, 11) is 0. The Bertz CT molecular complexity index is 453. The summed E-state index contributed by atoms with van der Waals surface area (Å²) in [6.45, 7) is 1.01. The van der Waals surface area contributed by atoms with Crippen molar-refractivity contribution in [1.82, 2.24) is 5.32 Å². The Kier molecular flexibility index (Phi) is 6.66. The zero-order chi connectivity index (χ0) is 17.7. The molecule has 0 spiro atoms. The van der Waals surface area contributed by atoms with E-state index in [-0.39, 0.29) is 29.4 Å². The Balaban J connectivity index is 1.82. The first kappa shape index (κ1) is 19.2. The van der Waals surface area contributed by atoms with Crippen LogP contribution in [0.5, 0.6) is 0 Å². The second-order valence-electron chi connectivity index (χ2n) is 7.12. The van der Waals surface area contributed by atoms with Crippen molar-refractivity contribution in [2.45, 2.75) is 64.1 Å². The lowest BCUT2D eigenvalue weighted by atomic mass is 9.79. The standard InChI is InChI=1S/C17H26F3NO3/c1-11-8-13(22)6-7-14(11)16(23)21-9-12-4-2-3-5-15(12)24-10-17(18,19)20/h11-12,14-15H,2-10H2,1H3,(H,21,23)/t11-,12-,14+,15-/m1/s1. The zero-order valence-corrected chi connectivity index (χ0v) is 14.0. The minimum atomic E-state index is -4.32. The second kappa shape index (κ2) is 8.32. The second-order valence-corrected chi connectivity index (χ2v) is 7.12. The highest BCUT2D eigenvalue weighted by atomic mass is 19.4. The van der Waals surface area contributed by atoms with Gasteiger partial charge >= 0.3 is 6.18 Å². The van der Waals surface area contributed by atoms with Crippen LogP contribution in [0.2, 0.25) is 0 Å². The minimum absolute atomic E-state index is 0.0230. The number of halogens is 3. The van der Waals surface area contributed by atoms with Crippen molar-refractivity contribution in [1.29, 1.82) is 0 Å². The smallest absolute Gasteiger partial charge is 0.368 e. The van der Waals surface area contributed by atoms with E-state index >= 15 is 0 Å². The molecule has 138 valence electrons. The largest absolute Gasteiger partial charge is 0.411 e. The maximum absolute atomic E-state index is 12.3. The lowest BCUT2D eigenvalue weighted by molar-refractivity contribution is -0.193. The van der Waals surface area contributed by atoms with Gasteiger partial charge < -0.3 is 10.1 Å². The van der Waals surface area contributed by atoms with Gasteiger partial charge in [0, 0.05) is 31.2 Å². The Morgan fingerprint density at radius 2 is 1.96 bits per heavy atom. The van der Waals surface area contributed by atoms with Crippen LogP contribution < -0.4 is 5.32 Å². The number of ether oxygens (including phenoxy) is 1. The molecule has 0 radical (unpaired) electrons. The van der Waals surface area contributed by atoms with Crippen molar-refractivity contribution >= 4 is 11.7 Å². The third-order valence-electron chi connectivity index (χ3n) is 5.15. The normalized spacial score (nSPS) is 31.8. The molecule has 0 bridgehead atoms. The number of rotatable bonds is 5. The van der Waals surface area contributed by atoms with Gasteiger partial charge in [-0.2, -0.15) is 13.2 Å². The maximum Gasteiger partial charge on any atom is 0.411 e. The number of carbonyl (C=O) groups excluding carboxylic acids is 2. The van der Waals surface area contributed by atoms with E-state index in [0.717, 1.165) is 19.3 Å². The Morgan fingerprint density at radius 1 is 1.25 bits per heavy atom. The van der Waals surface area contributed by atoms with E-state index in [1.54, 1.807) is 0 Å². The molecule has 24 heavy (non-hydrogen) atoms. The predicted octanol–water partition coefficient (Wildman–Crippen LogP) is 3.25. The van der Waals surface area contributed by atoms with Gasteiger partial charge in [-0.25, -0.2) is 0 Å². The van der Waals surface area contributed by atoms with E-state index in [0.29, 0.717) is 32.2 Å². The first-order valence-corrected chi connectivity index (χ1v) is 8.74. The van der Waals surface area contributed by atoms with E-state index in [4.69, 9.17) is 4.74 Å². The van der Waals surface area contributed by atoms with Crippen LogP contribution in [0.25, 0.3) is 0 Å². The topological polar surface area (TPSA) is 55.4 Å². The van der Waals surface area contributed by atoms with Gasteiger partial charge in [0.2, 0.25) is 5.91 Å². The number of hydrogen-bond donors (Lipinski definition) is 1. The monoisotopic (exact) mass is 349 g/mol. The van der Waals surface area contributed by atoms with Gasteiger partial charge in [-0.05, 0) is 25.2 Å². The number of carbonyl (C=O) groups is 2. The first-order chi connectivity index (χ1) is 11.3. The van der Waals surface area contributed by atoms with Crippen molar-refractivity contribution in [2.75, 3.05) is 13.2 Å². The van der Waals surface area contributed by atoms with Crippen molar-refractivity contribution in [2.24, 2.45) is 17.8 Å². The number of nitrogens with one attached hydrogen (secondary N) is 1. The van der Waals surface area contributed by atoms with Gasteiger partial charge in [0.1, 0.15) is 12.4 Å². The number of Topliss-reactive ketones (excluding diaryl/α,β-unsaturated/α-hetero) is 1. The van der Waals surface area contributed by atoms with E-state index in [9.17, 15) is 22.8 Å². The van der Waals surface area contributed by atoms with Crippen LogP contribution >= 0.6 is 0 Å². The average molecular weight is 349 g/mol. The molecule has 2 rings (SSSR count). The molecule has 2 aliphatic rings. The molecule has 2 fully saturated rings. The highest BCUT2D eigenvalue weighted by Gasteiger charge is 2.35. The van der Waals surface area contributed by atoms with Crippen molar-refractivity contribution in [3.05, 3.63) is 0 Å². The van der Waals surface area contributed by atoms with Gasteiger partial charge in [0.05, 0.1) is 6.10 Å². The molecule has 0 heterocycles. The minimum Gasteiger partial charge on any atom is -0.368 e.